The van der Waals surface area contributed by atoms with Crippen molar-refractivity contribution in [3.05, 3.63) is 40.6 Å². The smallest absolute Gasteiger partial charge is 0.146 e. The minimum Gasteiger partial charge on any atom is -0.494 e. The molecule has 3 rings (SSSR count). The van der Waals surface area contributed by atoms with Crippen LogP contribution >= 0.6 is 22.9 Å². The fraction of sp³-hybridized carbons (Fsp3) is 0.333. The van der Waals surface area contributed by atoms with Gasteiger partial charge in [0, 0.05) is 36.8 Å². The van der Waals surface area contributed by atoms with Crippen molar-refractivity contribution >= 4 is 34.0 Å². The van der Waals surface area contributed by atoms with Gasteiger partial charge in [0.05, 0.1) is 17.6 Å². The van der Waals surface area contributed by atoms with Crippen molar-refractivity contribution < 1.29 is 4.74 Å². The summed E-state index contributed by atoms with van der Waals surface area (Å²) >= 11 is 7.60. The number of benzene rings is 1. The lowest BCUT2D eigenvalue weighted by atomic mass is 10.3. The Morgan fingerprint density at radius 1 is 1.33 bits per heavy atom. The molecule has 0 fully saturated rings. The summed E-state index contributed by atoms with van der Waals surface area (Å²) < 4.78 is 7.63. The molecule has 0 spiro atoms. The van der Waals surface area contributed by atoms with E-state index in [1.54, 1.807) is 18.4 Å². The van der Waals surface area contributed by atoms with Crippen LogP contribution in [0, 0.1) is 0 Å². The predicted octanol–water partition coefficient (Wildman–Crippen LogP) is 3.53. The van der Waals surface area contributed by atoms with Crippen molar-refractivity contribution in [1.82, 2.24) is 14.5 Å². The van der Waals surface area contributed by atoms with Crippen LogP contribution in [0.3, 0.4) is 0 Å². The maximum Gasteiger partial charge on any atom is 0.146 e. The van der Waals surface area contributed by atoms with Gasteiger partial charge in [0.15, 0.2) is 0 Å². The molecule has 110 valence electrons. The monoisotopic (exact) mass is 321 g/mol. The number of imidazole rings is 1. The third-order valence-corrected chi connectivity index (χ3v) is 4.42. The fourth-order valence-corrected chi connectivity index (χ4v) is 3.22. The molecule has 0 amide bonds. The molecule has 0 aliphatic heterocycles. The number of hydrogen-bond acceptors (Lipinski definition) is 4. The van der Waals surface area contributed by atoms with E-state index in [0.29, 0.717) is 5.88 Å². The van der Waals surface area contributed by atoms with Gasteiger partial charge in [-0.25, -0.2) is 9.97 Å². The molecule has 4 nitrogen and oxygen atoms in total. The highest BCUT2D eigenvalue weighted by Gasteiger charge is 2.13. The topological polar surface area (TPSA) is 39.9 Å². The molecule has 0 aliphatic carbocycles. The summed E-state index contributed by atoms with van der Waals surface area (Å²) in [7, 11) is 1.67. The Bertz CT molecular complexity index is 724. The van der Waals surface area contributed by atoms with Gasteiger partial charge in [-0.05, 0) is 12.1 Å². The Kier molecular flexibility index (Phi) is 4.41. The molecule has 0 aliphatic rings. The van der Waals surface area contributed by atoms with E-state index in [2.05, 4.69) is 15.6 Å². The van der Waals surface area contributed by atoms with Crippen LogP contribution in [0.4, 0.5) is 0 Å². The van der Waals surface area contributed by atoms with Crippen molar-refractivity contribution in [1.29, 1.82) is 0 Å². The standard InChI is InChI=1S/C15H16ClN3OS/c1-20-12-4-2-3-11-15(12)18-13(5-7-16)19(11)9-6-14-17-8-10-21-14/h2-4,8,10H,5-7,9H2,1H3. The molecule has 0 bridgehead atoms. The molecule has 0 unspecified atom stereocenters. The van der Waals surface area contributed by atoms with Gasteiger partial charge in [0.25, 0.3) is 0 Å². The summed E-state index contributed by atoms with van der Waals surface area (Å²) in [5, 5.41) is 3.14. The van der Waals surface area contributed by atoms with Gasteiger partial charge >= 0.3 is 0 Å². The molecule has 2 aromatic heterocycles. The van der Waals surface area contributed by atoms with Gasteiger partial charge in [-0.1, -0.05) is 6.07 Å². The lowest BCUT2D eigenvalue weighted by molar-refractivity contribution is 0.419. The molecule has 0 N–H and O–H groups in total. The average molecular weight is 322 g/mol. The number of para-hydroxylation sites is 1. The number of hydrogen-bond donors (Lipinski definition) is 0. The van der Waals surface area contributed by atoms with Crippen LogP contribution in [0.15, 0.2) is 29.8 Å². The Labute approximate surface area is 132 Å². The SMILES string of the molecule is COc1cccc2c1nc(CCCl)n2CCc1nccs1. The average Bonchev–Trinajstić information content (AvgIpc) is 3.12. The van der Waals surface area contributed by atoms with Crippen molar-refractivity contribution in [3.8, 4) is 5.75 Å². The van der Waals surface area contributed by atoms with Crippen LogP contribution in [0.25, 0.3) is 11.0 Å². The summed E-state index contributed by atoms with van der Waals surface area (Å²) in [5.74, 6) is 2.36. The van der Waals surface area contributed by atoms with E-state index in [4.69, 9.17) is 21.3 Å². The number of aryl methyl sites for hydroxylation is 3. The quantitative estimate of drug-likeness (QED) is 0.652. The number of methoxy groups -OCH3 is 1. The number of thiazole rings is 1. The Balaban J connectivity index is 1.99. The number of halogens is 1. The van der Waals surface area contributed by atoms with Crippen molar-refractivity contribution in [2.24, 2.45) is 0 Å². The highest BCUT2D eigenvalue weighted by molar-refractivity contribution is 7.09. The molecule has 6 heteroatoms. The van der Waals surface area contributed by atoms with Gasteiger partial charge < -0.3 is 9.30 Å². The Morgan fingerprint density at radius 2 is 2.24 bits per heavy atom. The van der Waals surface area contributed by atoms with E-state index in [1.807, 2.05) is 23.7 Å². The van der Waals surface area contributed by atoms with Crippen molar-refractivity contribution in [3.63, 3.8) is 0 Å². The second kappa shape index (κ2) is 6.45. The van der Waals surface area contributed by atoms with E-state index in [1.165, 1.54) is 0 Å². The normalized spacial score (nSPS) is 11.1. The lowest BCUT2D eigenvalue weighted by Crippen LogP contribution is -2.06. The largest absolute Gasteiger partial charge is 0.494 e. The van der Waals surface area contributed by atoms with E-state index in [9.17, 15) is 0 Å². The van der Waals surface area contributed by atoms with Crippen LogP contribution in [0.1, 0.15) is 10.8 Å². The van der Waals surface area contributed by atoms with E-state index in [0.717, 1.165) is 47.0 Å². The number of fused-ring (bicyclic) bond motifs is 1. The second-order valence-electron chi connectivity index (χ2n) is 4.62. The van der Waals surface area contributed by atoms with Crippen LogP contribution in [-0.2, 0) is 19.4 Å². The Morgan fingerprint density at radius 3 is 2.95 bits per heavy atom. The molecule has 2 heterocycles. The zero-order valence-corrected chi connectivity index (χ0v) is 13.3. The highest BCUT2D eigenvalue weighted by atomic mass is 35.5. The first-order chi connectivity index (χ1) is 10.3. The zero-order chi connectivity index (χ0) is 14.7. The number of alkyl halides is 1. The number of ether oxygens (including phenoxy) is 1. The van der Waals surface area contributed by atoms with E-state index < -0.39 is 0 Å². The molecule has 3 aromatic rings. The number of nitrogens with zero attached hydrogens (tertiary/aromatic N) is 3. The molecule has 0 radical (unpaired) electrons. The minimum absolute atomic E-state index is 0.558. The Hall–Kier alpha value is -1.59. The summed E-state index contributed by atoms with van der Waals surface area (Å²) in [5.41, 5.74) is 1.99. The fourth-order valence-electron chi connectivity index (χ4n) is 2.44. The summed E-state index contributed by atoms with van der Waals surface area (Å²) in [6.45, 7) is 0.851. The summed E-state index contributed by atoms with van der Waals surface area (Å²) in [4.78, 5) is 9.05. The maximum atomic E-state index is 5.91. The molecule has 0 saturated carbocycles. The van der Waals surface area contributed by atoms with Gasteiger partial charge in [-0.3, -0.25) is 0 Å². The molecule has 0 atom stereocenters. The molecule has 21 heavy (non-hydrogen) atoms. The van der Waals surface area contributed by atoms with Gasteiger partial charge in [-0.15, -0.1) is 22.9 Å². The first-order valence-corrected chi connectivity index (χ1v) is 8.21. The zero-order valence-electron chi connectivity index (χ0n) is 11.8. The van der Waals surface area contributed by atoms with Crippen LogP contribution < -0.4 is 4.74 Å². The van der Waals surface area contributed by atoms with E-state index in [-0.39, 0.29) is 0 Å². The van der Waals surface area contributed by atoms with E-state index >= 15 is 0 Å². The van der Waals surface area contributed by atoms with Gasteiger partial charge in [0.1, 0.15) is 17.1 Å². The molecular formula is C15H16ClN3OS. The third kappa shape index (κ3) is 2.89. The van der Waals surface area contributed by atoms with Gasteiger partial charge in [-0.2, -0.15) is 0 Å². The molecule has 1 aromatic carbocycles. The van der Waals surface area contributed by atoms with Crippen LogP contribution in [0.2, 0.25) is 0 Å². The van der Waals surface area contributed by atoms with Crippen LogP contribution in [-0.4, -0.2) is 27.5 Å². The maximum absolute atomic E-state index is 5.91. The number of aromatic nitrogens is 3. The summed E-state index contributed by atoms with van der Waals surface area (Å²) in [6.07, 6.45) is 3.49. The molecular weight excluding hydrogens is 306 g/mol. The second-order valence-corrected chi connectivity index (χ2v) is 5.98. The van der Waals surface area contributed by atoms with Crippen molar-refractivity contribution in [2.75, 3.05) is 13.0 Å². The third-order valence-electron chi connectivity index (χ3n) is 3.39. The van der Waals surface area contributed by atoms with Crippen molar-refractivity contribution in [2.45, 2.75) is 19.4 Å². The van der Waals surface area contributed by atoms with Crippen LogP contribution in [0.5, 0.6) is 5.75 Å². The first-order valence-electron chi connectivity index (χ1n) is 6.80. The highest BCUT2D eigenvalue weighted by Crippen LogP contribution is 2.26. The van der Waals surface area contributed by atoms with Gasteiger partial charge in [0.2, 0.25) is 0 Å². The summed E-state index contributed by atoms with van der Waals surface area (Å²) in [6, 6.07) is 6.00. The minimum atomic E-state index is 0.558. The molecule has 0 saturated heterocycles. The lowest BCUT2D eigenvalue weighted by Gasteiger charge is -2.07. The number of rotatable bonds is 6. The first kappa shape index (κ1) is 14.4. The predicted molar refractivity (Wildman–Crippen MR) is 86.5 cm³/mol.